The van der Waals surface area contributed by atoms with Crippen LogP contribution in [0.1, 0.15) is 49.4 Å². The number of nitrogens with one attached hydrogen (secondary N) is 1. The van der Waals surface area contributed by atoms with E-state index in [0.717, 1.165) is 0 Å². The molecule has 1 N–H and O–H groups in total. The van der Waals surface area contributed by atoms with Crippen molar-refractivity contribution in [2.24, 2.45) is 0 Å². The third-order valence-electron chi connectivity index (χ3n) is 3.89. The third-order valence-corrected chi connectivity index (χ3v) is 4.52. The van der Waals surface area contributed by atoms with Crippen molar-refractivity contribution in [1.82, 2.24) is 4.98 Å². The molecule has 26 heavy (non-hydrogen) atoms. The number of hydrogen-bond acceptors (Lipinski definition) is 5. The van der Waals surface area contributed by atoms with Crippen LogP contribution < -0.4 is 0 Å². The summed E-state index contributed by atoms with van der Waals surface area (Å²) in [7, 11) is 1.26. The molecule has 2 aromatic rings. The number of halogens is 2. The number of aromatic nitrogens is 1. The fraction of sp³-hybridized carbons (Fsp3) is 0.278. The van der Waals surface area contributed by atoms with Crippen LogP contribution in [0.4, 0.5) is 0 Å². The summed E-state index contributed by atoms with van der Waals surface area (Å²) < 4.78 is 9.93. The van der Waals surface area contributed by atoms with E-state index in [1.54, 1.807) is 19.9 Å². The fourth-order valence-electron chi connectivity index (χ4n) is 2.57. The van der Waals surface area contributed by atoms with Crippen molar-refractivity contribution in [3.05, 3.63) is 56.3 Å². The highest BCUT2D eigenvalue weighted by atomic mass is 35.5. The first-order valence-electron chi connectivity index (χ1n) is 7.65. The number of ketones is 1. The molecule has 0 saturated carbocycles. The van der Waals surface area contributed by atoms with Gasteiger partial charge in [-0.05, 0) is 38.5 Å². The van der Waals surface area contributed by atoms with Crippen LogP contribution in [0.25, 0.3) is 0 Å². The number of carbonyl (C=O) groups is 3. The second kappa shape index (κ2) is 7.93. The molecule has 0 saturated heterocycles. The Balaban J connectivity index is 2.26. The van der Waals surface area contributed by atoms with Gasteiger partial charge < -0.3 is 14.5 Å². The Morgan fingerprint density at radius 1 is 1.04 bits per heavy atom. The SMILES string of the molecule is COC(=O)c1c(C)[nH]c(C(=O)C(C)OC(=O)c2c(Cl)cccc2Cl)c1C. The molecule has 8 heteroatoms. The van der Waals surface area contributed by atoms with Crippen LogP contribution in [-0.2, 0) is 9.47 Å². The first kappa shape index (κ1) is 20.0. The first-order valence-corrected chi connectivity index (χ1v) is 8.41. The van der Waals surface area contributed by atoms with Crippen molar-refractivity contribution in [2.75, 3.05) is 7.11 Å². The van der Waals surface area contributed by atoms with Crippen LogP contribution in [0.5, 0.6) is 0 Å². The molecule has 6 nitrogen and oxygen atoms in total. The van der Waals surface area contributed by atoms with E-state index in [9.17, 15) is 14.4 Å². The molecule has 0 bridgehead atoms. The van der Waals surface area contributed by atoms with E-state index in [4.69, 9.17) is 32.7 Å². The highest BCUT2D eigenvalue weighted by Crippen LogP contribution is 2.26. The van der Waals surface area contributed by atoms with Gasteiger partial charge in [-0.3, -0.25) is 4.79 Å². The lowest BCUT2D eigenvalue weighted by Gasteiger charge is -2.13. The summed E-state index contributed by atoms with van der Waals surface area (Å²) >= 11 is 12.0. The van der Waals surface area contributed by atoms with Crippen LogP contribution in [-0.4, -0.2) is 35.9 Å². The normalized spacial score (nSPS) is 11.8. The Bertz CT molecular complexity index is 868. The van der Waals surface area contributed by atoms with E-state index in [2.05, 4.69) is 4.98 Å². The van der Waals surface area contributed by atoms with Gasteiger partial charge in [0.2, 0.25) is 5.78 Å². The third kappa shape index (κ3) is 3.76. The van der Waals surface area contributed by atoms with Crippen LogP contribution in [0.15, 0.2) is 18.2 Å². The summed E-state index contributed by atoms with van der Waals surface area (Å²) in [4.78, 5) is 39.6. The number of H-pyrrole nitrogens is 1. The zero-order chi connectivity index (χ0) is 19.6. The fourth-order valence-corrected chi connectivity index (χ4v) is 3.13. The average molecular weight is 398 g/mol. The van der Waals surface area contributed by atoms with Gasteiger partial charge in [0.05, 0.1) is 34.0 Å². The van der Waals surface area contributed by atoms with E-state index in [0.29, 0.717) is 11.3 Å². The molecule has 138 valence electrons. The number of methoxy groups -OCH3 is 1. The standard InChI is InChI=1S/C18H17Cl2NO5/c1-8-13(17(23)25-4)9(2)21-15(8)16(22)10(3)26-18(24)14-11(19)6-5-7-12(14)20/h5-7,10,21H,1-4H3. The summed E-state index contributed by atoms with van der Waals surface area (Å²) in [5, 5.41) is 0.254. The van der Waals surface area contributed by atoms with E-state index in [-0.39, 0.29) is 26.9 Å². The Kier molecular flexibility index (Phi) is 6.10. The molecule has 1 aromatic carbocycles. The smallest absolute Gasteiger partial charge is 0.341 e. The number of carbonyl (C=O) groups excluding carboxylic acids is 3. The van der Waals surface area contributed by atoms with Crippen LogP contribution in [0.3, 0.4) is 0 Å². The summed E-state index contributed by atoms with van der Waals surface area (Å²) in [5.41, 5.74) is 1.37. The van der Waals surface area contributed by atoms with E-state index in [1.807, 2.05) is 0 Å². The zero-order valence-electron chi connectivity index (χ0n) is 14.6. The number of ether oxygens (including phenoxy) is 2. The minimum atomic E-state index is -1.11. The summed E-state index contributed by atoms with van der Waals surface area (Å²) in [6, 6.07) is 4.59. The monoisotopic (exact) mass is 397 g/mol. The van der Waals surface area contributed by atoms with Gasteiger partial charge >= 0.3 is 11.9 Å². The Hall–Kier alpha value is -2.31. The predicted molar refractivity (Wildman–Crippen MR) is 97.3 cm³/mol. The van der Waals surface area contributed by atoms with Gasteiger partial charge in [0.15, 0.2) is 6.10 Å². The second-order valence-electron chi connectivity index (χ2n) is 5.63. The van der Waals surface area contributed by atoms with E-state index in [1.165, 1.54) is 26.2 Å². The van der Waals surface area contributed by atoms with Crippen molar-refractivity contribution >= 4 is 40.9 Å². The number of hydrogen-bond donors (Lipinski definition) is 1. The minimum Gasteiger partial charge on any atom is -0.465 e. The average Bonchev–Trinajstić information content (AvgIpc) is 2.87. The van der Waals surface area contributed by atoms with Crippen LogP contribution in [0.2, 0.25) is 10.0 Å². The maximum absolute atomic E-state index is 12.7. The number of aryl methyl sites for hydroxylation is 1. The highest BCUT2D eigenvalue weighted by Gasteiger charge is 2.28. The Morgan fingerprint density at radius 2 is 1.62 bits per heavy atom. The molecule has 1 atom stereocenters. The Labute approximate surface area is 160 Å². The van der Waals surface area contributed by atoms with Crippen molar-refractivity contribution in [2.45, 2.75) is 26.9 Å². The molecule has 0 aliphatic heterocycles. The number of benzene rings is 1. The minimum absolute atomic E-state index is 0.00915. The highest BCUT2D eigenvalue weighted by molar-refractivity contribution is 6.39. The van der Waals surface area contributed by atoms with Gasteiger partial charge in [0, 0.05) is 5.69 Å². The number of esters is 2. The quantitative estimate of drug-likeness (QED) is 0.604. The molecule has 0 radical (unpaired) electrons. The van der Waals surface area contributed by atoms with Crippen molar-refractivity contribution in [1.29, 1.82) is 0 Å². The lowest BCUT2D eigenvalue weighted by Crippen LogP contribution is -2.25. The van der Waals surface area contributed by atoms with Gasteiger partial charge in [-0.15, -0.1) is 0 Å². The molecule has 0 aliphatic carbocycles. The molecular formula is C18H17Cl2NO5. The maximum atomic E-state index is 12.7. The van der Waals surface area contributed by atoms with E-state index < -0.39 is 23.8 Å². The van der Waals surface area contributed by atoms with Crippen LogP contribution in [0, 0.1) is 13.8 Å². The molecular weight excluding hydrogens is 381 g/mol. The summed E-state index contributed by atoms with van der Waals surface area (Å²) in [6.07, 6.45) is -1.11. The number of Topliss-reactive ketones (excluding diaryl/α,β-unsaturated/α-hetero) is 1. The number of aromatic amines is 1. The van der Waals surface area contributed by atoms with E-state index >= 15 is 0 Å². The molecule has 0 aliphatic rings. The van der Waals surface area contributed by atoms with Crippen LogP contribution >= 0.6 is 23.2 Å². The Morgan fingerprint density at radius 3 is 2.15 bits per heavy atom. The van der Waals surface area contributed by atoms with Gasteiger partial charge in [-0.2, -0.15) is 0 Å². The van der Waals surface area contributed by atoms with Crippen molar-refractivity contribution in [3.63, 3.8) is 0 Å². The lowest BCUT2D eigenvalue weighted by molar-refractivity contribution is 0.0317. The summed E-state index contributed by atoms with van der Waals surface area (Å²) in [6.45, 7) is 4.69. The molecule has 1 aromatic heterocycles. The molecule has 2 rings (SSSR count). The zero-order valence-corrected chi connectivity index (χ0v) is 16.1. The topological polar surface area (TPSA) is 85.5 Å². The molecule has 1 heterocycles. The molecule has 0 spiro atoms. The maximum Gasteiger partial charge on any atom is 0.341 e. The predicted octanol–water partition coefficient (Wildman–Crippen LogP) is 4.15. The molecule has 0 fully saturated rings. The largest absolute Gasteiger partial charge is 0.465 e. The van der Waals surface area contributed by atoms with Gasteiger partial charge in [0.1, 0.15) is 0 Å². The summed E-state index contributed by atoms with van der Waals surface area (Å²) in [5.74, 6) is -1.85. The van der Waals surface area contributed by atoms with Gasteiger partial charge in [-0.25, -0.2) is 9.59 Å². The number of rotatable bonds is 5. The lowest BCUT2D eigenvalue weighted by atomic mass is 10.1. The molecule has 0 amide bonds. The van der Waals surface area contributed by atoms with Crippen molar-refractivity contribution in [3.8, 4) is 0 Å². The first-order chi connectivity index (χ1) is 12.2. The molecule has 1 unspecified atom stereocenters. The second-order valence-corrected chi connectivity index (χ2v) is 6.44. The van der Waals surface area contributed by atoms with Crippen molar-refractivity contribution < 1.29 is 23.9 Å². The van der Waals surface area contributed by atoms with Gasteiger partial charge in [-0.1, -0.05) is 29.3 Å². The van der Waals surface area contributed by atoms with Gasteiger partial charge in [0.25, 0.3) is 0 Å².